The first kappa shape index (κ1) is 21.6. The molecule has 0 N–H and O–H groups in total. The van der Waals surface area contributed by atoms with Crippen molar-refractivity contribution in [2.75, 3.05) is 12.0 Å². The van der Waals surface area contributed by atoms with Crippen molar-refractivity contribution >= 4 is 41.1 Å². The molecule has 0 bridgehead atoms. The van der Waals surface area contributed by atoms with Gasteiger partial charge in [0.25, 0.3) is 0 Å². The summed E-state index contributed by atoms with van der Waals surface area (Å²) < 4.78 is 5.21. The van der Waals surface area contributed by atoms with Crippen LogP contribution in [0.3, 0.4) is 0 Å². The highest BCUT2D eigenvalue weighted by Gasteiger charge is 2.65. The lowest BCUT2D eigenvalue weighted by atomic mass is 9.83. The number of nitrogens with zero attached hydrogens (tertiary/aromatic N) is 3. The smallest absolute Gasteiger partial charge is 0.240 e. The number of benzene rings is 3. The van der Waals surface area contributed by atoms with Crippen LogP contribution in [0.15, 0.2) is 77.9 Å². The van der Waals surface area contributed by atoms with Crippen LogP contribution in [-0.2, 0) is 9.59 Å². The van der Waals surface area contributed by atoms with E-state index in [2.05, 4.69) is 5.10 Å². The fourth-order valence-electron chi connectivity index (χ4n) is 5.46. The van der Waals surface area contributed by atoms with Gasteiger partial charge in [-0.2, -0.15) is 5.10 Å². The van der Waals surface area contributed by atoms with Crippen LogP contribution in [-0.4, -0.2) is 42.0 Å². The van der Waals surface area contributed by atoms with Gasteiger partial charge in [0.1, 0.15) is 11.8 Å². The first-order chi connectivity index (χ1) is 17.0. The summed E-state index contributed by atoms with van der Waals surface area (Å²) in [5.74, 6) is -2.06. The molecule has 0 aliphatic carbocycles. The van der Waals surface area contributed by atoms with Crippen LogP contribution in [0, 0.1) is 11.8 Å². The molecule has 0 saturated carbocycles. The molecule has 3 aromatic rings. The third kappa shape index (κ3) is 3.19. The number of ketones is 1. The van der Waals surface area contributed by atoms with E-state index in [-0.39, 0.29) is 11.7 Å². The number of halogens is 1. The van der Waals surface area contributed by atoms with Gasteiger partial charge in [0, 0.05) is 10.6 Å². The number of hydrazone groups is 1. The van der Waals surface area contributed by atoms with Gasteiger partial charge in [0.2, 0.25) is 11.8 Å². The second kappa shape index (κ2) is 8.06. The zero-order chi connectivity index (χ0) is 24.3. The summed E-state index contributed by atoms with van der Waals surface area (Å²) in [4.78, 5) is 42.7. The first-order valence-corrected chi connectivity index (χ1v) is 11.6. The zero-order valence-corrected chi connectivity index (χ0v) is 19.4. The molecule has 0 spiro atoms. The van der Waals surface area contributed by atoms with Crippen molar-refractivity contribution < 1.29 is 19.1 Å². The number of imide groups is 1. The Kier molecular flexibility index (Phi) is 4.96. The summed E-state index contributed by atoms with van der Waals surface area (Å²) >= 11 is 6.16. The Balaban J connectivity index is 1.48. The molecule has 4 atom stereocenters. The first-order valence-electron chi connectivity index (χ1n) is 11.2. The Labute approximate surface area is 206 Å². The van der Waals surface area contributed by atoms with E-state index >= 15 is 0 Å². The Bertz CT molecular complexity index is 1400. The van der Waals surface area contributed by atoms with E-state index in [0.717, 1.165) is 11.1 Å². The molecule has 3 heterocycles. The predicted molar refractivity (Wildman–Crippen MR) is 131 cm³/mol. The highest BCUT2D eigenvalue weighted by atomic mass is 35.5. The number of hydrogen-bond acceptors (Lipinski definition) is 6. The number of methoxy groups -OCH3 is 1. The molecule has 3 aromatic carbocycles. The summed E-state index contributed by atoms with van der Waals surface area (Å²) in [7, 11) is 1.55. The van der Waals surface area contributed by atoms with Crippen molar-refractivity contribution in [2.45, 2.75) is 12.1 Å². The molecular weight excluding hydrogens is 466 g/mol. The molecule has 3 aliphatic rings. The normalized spacial score (nSPS) is 24.3. The molecule has 3 aliphatic heterocycles. The highest BCUT2D eigenvalue weighted by molar-refractivity contribution is 6.31. The summed E-state index contributed by atoms with van der Waals surface area (Å²) in [6.45, 7) is 0. The quantitative estimate of drug-likeness (QED) is 0.410. The molecule has 8 heteroatoms. The Morgan fingerprint density at radius 2 is 1.69 bits per heavy atom. The van der Waals surface area contributed by atoms with Gasteiger partial charge in [-0.15, -0.1) is 0 Å². The second-order valence-electron chi connectivity index (χ2n) is 8.78. The van der Waals surface area contributed by atoms with E-state index in [1.165, 1.54) is 4.90 Å². The molecule has 35 heavy (non-hydrogen) atoms. The SMILES string of the molecule is COc1ccc(C(=O)[C@H]2[C@@H]3C(=O)N(c4cccc(Cl)c4)C(=O)[C@@H]3[C@H]3c4ccccc4C=NN32)cc1. The van der Waals surface area contributed by atoms with E-state index in [0.29, 0.717) is 22.0 Å². The number of carbonyl (C=O) groups is 3. The third-order valence-electron chi connectivity index (χ3n) is 7.00. The maximum Gasteiger partial charge on any atom is 0.240 e. The number of carbonyl (C=O) groups excluding carboxylic acids is 3. The summed E-state index contributed by atoms with van der Waals surface area (Å²) in [6.07, 6.45) is 1.69. The minimum atomic E-state index is -0.927. The van der Waals surface area contributed by atoms with Crippen molar-refractivity contribution in [3.8, 4) is 5.75 Å². The lowest BCUT2D eigenvalue weighted by Crippen LogP contribution is -2.44. The summed E-state index contributed by atoms with van der Waals surface area (Å²) in [5, 5.41) is 6.64. The van der Waals surface area contributed by atoms with Crippen LogP contribution in [0.5, 0.6) is 5.75 Å². The van der Waals surface area contributed by atoms with Crippen LogP contribution in [0.25, 0.3) is 0 Å². The number of ether oxygens (including phenoxy) is 1. The fraction of sp³-hybridized carbons (Fsp3) is 0.185. The summed E-state index contributed by atoms with van der Waals surface area (Å²) in [5.41, 5.74) is 2.56. The van der Waals surface area contributed by atoms with Crippen molar-refractivity contribution in [3.63, 3.8) is 0 Å². The highest BCUT2D eigenvalue weighted by Crippen LogP contribution is 2.53. The van der Waals surface area contributed by atoms with Gasteiger partial charge in [-0.25, -0.2) is 4.90 Å². The van der Waals surface area contributed by atoms with Gasteiger partial charge in [0.05, 0.1) is 36.9 Å². The van der Waals surface area contributed by atoms with Crippen LogP contribution >= 0.6 is 11.6 Å². The number of amides is 2. The van der Waals surface area contributed by atoms with Crippen LogP contribution in [0.1, 0.15) is 27.5 Å². The molecule has 0 radical (unpaired) electrons. The minimum Gasteiger partial charge on any atom is -0.497 e. The molecule has 2 amide bonds. The number of Topliss-reactive ketones (excluding diaryl/α,β-unsaturated/α-hetero) is 1. The van der Waals surface area contributed by atoms with E-state index < -0.39 is 29.8 Å². The average molecular weight is 486 g/mol. The van der Waals surface area contributed by atoms with Gasteiger partial charge in [-0.05, 0) is 53.6 Å². The van der Waals surface area contributed by atoms with E-state index in [9.17, 15) is 14.4 Å². The standard InChI is InChI=1S/C27H20ClN3O4/c1-35-19-11-9-15(10-12-19)25(32)24-22-21(23-20-8-3-2-5-16(20)14-29-31(23)24)26(33)30(27(22)34)18-7-4-6-17(28)13-18/h2-14,21-24H,1H3/t21-,22+,23+,24+/m0/s1. The second-order valence-corrected chi connectivity index (χ2v) is 9.22. The summed E-state index contributed by atoms with van der Waals surface area (Å²) in [6, 6.07) is 19.5. The van der Waals surface area contributed by atoms with Crippen molar-refractivity contribution in [2.24, 2.45) is 16.9 Å². The molecule has 7 nitrogen and oxygen atoms in total. The van der Waals surface area contributed by atoms with Crippen molar-refractivity contribution in [1.82, 2.24) is 5.01 Å². The molecule has 174 valence electrons. The zero-order valence-electron chi connectivity index (χ0n) is 18.7. The molecule has 6 rings (SSSR count). The lowest BCUT2D eigenvalue weighted by molar-refractivity contribution is -0.124. The van der Waals surface area contributed by atoms with Gasteiger partial charge >= 0.3 is 0 Å². The molecule has 0 aromatic heterocycles. The largest absolute Gasteiger partial charge is 0.497 e. The predicted octanol–water partition coefficient (Wildman–Crippen LogP) is 4.11. The molecule has 2 saturated heterocycles. The maximum absolute atomic E-state index is 13.8. The van der Waals surface area contributed by atoms with Gasteiger partial charge < -0.3 is 4.74 Å². The van der Waals surface area contributed by atoms with Crippen molar-refractivity contribution in [3.05, 3.63) is 94.5 Å². The van der Waals surface area contributed by atoms with Crippen LogP contribution in [0.2, 0.25) is 5.02 Å². The van der Waals surface area contributed by atoms with Crippen LogP contribution < -0.4 is 9.64 Å². The maximum atomic E-state index is 13.8. The lowest BCUT2D eigenvalue weighted by Gasteiger charge is -2.33. The topological polar surface area (TPSA) is 79.3 Å². The van der Waals surface area contributed by atoms with Crippen molar-refractivity contribution in [1.29, 1.82) is 0 Å². The van der Waals surface area contributed by atoms with Gasteiger partial charge in [-0.3, -0.25) is 19.4 Å². The number of hydrogen-bond donors (Lipinski definition) is 0. The number of rotatable bonds is 4. The Hall–Kier alpha value is -3.97. The monoisotopic (exact) mass is 485 g/mol. The number of anilines is 1. The van der Waals surface area contributed by atoms with Gasteiger partial charge in [0.15, 0.2) is 5.78 Å². The van der Waals surface area contributed by atoms with E-state index in [1.807, 2.05) is 24.3 Å². The van der Waals surface area contributed by atoms with E-state index in [4.69, 9.17) is 16.3 Å². The number of fused-ring (bicyclic) bond motifs is 5. The minimum absolute atomic E-state index is 0.268. The fourth-order valence-corrected chi connectivity index (χ4v) is 5.65. The Morgan fingerprint density at radius 1 is 0.943 bits per heavy atom. The van der Waals surface area contributed by atoms with Crippen LogP contribution in [0.4, 0.5) is 5.69 Å². The van der Waals surface area contributed by atoms with Gasteiger partial charge in [-0.1, -0.05) is 41.9 Å². The van der Waals surface area contributed by atoms with E-state index in [1.54, 1.807) is 66.9 Å². The third-order valence-corrected chi connectivity index (χ3v) is 7.24. The molecular formula is C27H20ClN3O4. The molecule has 2 fully saturated rings. The average Bonchev–Trinajstić information content (AvgIpc) is 3.36. The molecule has 0 unspecified atom stereocenters. The Morgan fingerprint density at radius 3 is 2.43 bits per heavy atom.